The van der Waals surface area contributed by atoms with Crippen molar-refractivity contribution >= 4 is 11.8 Å². The smallest absolute Gasteiger partial charge is 0.309 e. The lowest BCUT2D eigenvalue weighted by Gasteiger charge is -2.23. The molecule has 0 unspecified atom stereocenters. The summed E-state index contributed by atoms with van der Waals surface area (Å²) in [7, 11) is 0. The van der Waals surface area contributed by atoms with E-state index in [1.807, 2.05) is 19.9 Å². The van der Waals surface area contributed by atoms with Crippen LogP contribution in [0, 0.1) is 17.8 Å². The predicted octanol–water partition coefficient (Wildman–Crippen LogP) is 2.89. The molecule has 0 radical (unpaired) electrons. The van der Waals surface area contributed by atoms with Crippen molar-refractivity contribution in [1.82, 2.24) is 0 Å². The fourth-order valence-electron chi connectivity index (χ4n) is 2.95. The Balaban J connectivity index is 2.19. The zero-order valence-electron chi connectivity index (χ0n) is 11.4. The van der Waals surface area contributed by atoms with Gasteiger partial charge in [0.15, 0.2) is 0 Å². The minimum Gasteiger partial charge on any atom is -0.462 e. The molecule has 3 heteroatoms. The Bertz CT molecular complexity index is 383. The van der Waals surface area contributed by atoms with Gasteiger partial charge in [-0.3, -0.25) is 9.59 Å². The van der Waals surface area contributed by atoms with Gasteiger partial charge in [0.05, 0.1) is 5.92 Å². The molecule has 1 heterocycles. The summed E-state index contributed by atoms with van der Waals surface area (Å²) in [6.07, 6.45) is 5.14. The first-order valence-electron chi connectivity index (χ1n) is 6.88. The standard InChI is InChI=1S/C15H22O3/c1-9-4-6-12-11(3)15(17)18-14(12)8-10(2)13(16)7-5-9/h5,10-12,14H,4,6-8H2,1-3H3/b9-5+/t10-,11+,12-,14+/m0/s1. The van der Waals surface area contributed by atoms with E-state index < -0.39 is 0 Å². The maximum absolute atomic E-state index is 11.9. The molecule has 0 spiro atoms. The number of ketones is 1. The van der Waals surface area contributed by atoms with Crippen LogP contribution in [-0.4, -0.2) is 17.9 Å². The first-order valence-corrected chi connectivity index (χ1v) is 6.88. The number of ether oxygens (including phenoxy) is 1. The van der Waals surface area contributed by atoms with E-state index in [4.69, 9.17) is 4.74 Å². The minimum absolute atomic E-state index is 0.0160. The van der Waals surface area contributed by atoms with E-state index in [1.54, 1.807) is 0 Å². The molecule has 0 saturated carbocycles. The molecular formula is C15H22O3. The average molecular weight is 250 g/mol. The van der Waals surface area contributed by atoms with Crippen LogP contribution < -0.4 is 0 Å². The van der Waals surface area contributed by atoms with Gasteiger partial charge in [0, 0.05) is 18.3 Å². The lowest BCUT2D eigenvalue weighted by Crippen LogP contribution is -2.25. The number of allylic oxidation sites excluding steroid dienone is 2. The van der Waals surface area contributed by atoms with Crippen molar-refractivity contribution in [1.29, 1.82) is 0 Å². The molecule has 0 aromatic carbocycles. The SMILES string of the molecule is C/C1=C\CC(=O)[C@@H](C)C[C@H]2OC(=O)[C@H](C)[C@@H]2CC1. The number of rotatable bonds is 0. The van der Waals surface area contributed by atoms with Gasteiger partial charge in [0.25, 0.3) is 0 Å². The van der Waals surface area contributed by atoms with E-state index in [9.17, 15) is 9.59 Å². The number of hydrogen-bond acceptors (Lipinski definition) is 3. The van der Waals surface area contributed by atoms with Crippen LogP contribution in [0.2, 0.25) is 0 Å². The normalized spacial score (nSPS) is 40.7. The van der Waals surface area contributed by atoms with E-state index in [0.29, 0.717) is 12.8 Å². The number of Topliss-reactive ketones (excluding diaryl/α,β-unsaturated/α-hetero) is 1. The lowest BCUT2D eigenvalue weighted by molar-refractivity contribution is -0.145. The first-order chi connectivity index (χ1) is 8.49. The van der Waals surface area contributed by atoms with Crippen LogP contribution in [0.4, 0.5) is 0 Å². The summed E-state index contributed by atoms with van der Waals surface area (Å²) >= 11 is 0. The fraction of sp³-hybridized carbons (Fsp3) is 0.733. The molecule has 2 aliphatic rings. The lowest BCUT2D eigenvalue weighted by atomic mass is 9.81. The quantitative estimate of drug-likeness (QED) is 0.490. The van der Waals surface area contributed by atoms with Crippen LogP contribution in [0.3, 0.4) is 0 Å². The molecule has 2 rings (SSSR count). The van der Waals surface area contributed by atoms with Gasteiger partial charge in [0.2, 0.25) is 0 Å². The van der Waals surface area contributed by atoms with E-state index in [-0.39, 0.29) is 35.6 Å². The topological polar surface area (TPSA) is 43.4 Å². The van der Waals surface area contributed by atoms with Crippen molar-refractivity contribution in [2.75, 3.05) is 0 Å². The number of carbonyl (C=O) groups is 2. The Kier molecular flexibility index (Phi) is 3.88. The zero-order valence-corrected chi connectivity index (χ0v) is 11.4. The molecule has 4 atom stereocenters. The number of carbonyl (C=O) groups excluding carboxylic acids is 2. The van der Waals surface area contributed by atoms with E-state index >= 15 is 0 Å². The summed E-state index contributed by atoms with van der Waals surface area (Å²) in [4.78, 5) is 23.6. The third-order valence-electron chi connectivity index (χ3n) is 4.42. The van der Waals surface area contributed by atoms with Crippen molar-refractivity contribution in [3.05, 3.63) is 11.6 Å². The molecular weight excluding hydrogens is 228 g/mol. The molecule has 0 aromatic heterocycles. The van der Waals surface area contributed by atoms with Crippen molar-refractivity contribution in [2.45, 2.75) is 52.6 Å². The van der Waals surface area contributed by atoms with Gasteiger partial charge in [0.1, 0.15) is 11.9 Å². The van der Waals surface area contributed by atoms with E-state index in [1.165, 1.54) is 5.57 Å². The van der Waals surface area contributed by atoms with Crippen molar-refractivity contribution < 1.29 is 14.3 Å². The van der Waals surface area contributed by atoms with Crippen molar-refractivity contribution in [3.63, 3.8) is 0 Å². The van der Waals surface area contributed by atoms with Crippen LogP contribution in [0.1, 0.15) is 46.5 Å². The molecule has 1 aliphatic carbocycles. The summed E-state index contributed by atoms with van der Waals surface area (Å²) in [6.45, 7) is 5.96. The minimum atomic E-state index is -0.0921. The Morgan fingerprint density at radius 2 is 2.00 bits per heavy atom. The third kappa shape index (κ3) is 2.65. The molecule has 0 aromatic rings. The van der Waals surface area contributed by atoms with Crippen LogP contribution in [0.5, 0.6) is 0 Å². The van der Waals surface area contributed by atoms with Crippen LogP contribution in [0.15, 0.2) is 11.6 Å². The Morgan fingerprint density at radius 1 is 1.28 bits per heavy atom. The van der Waals surface area contributed by atoms with Crippen LogP contribution >= 0.6 is 0 Å². The highest BCUT2D eigenvalue weighted by atomic mass is 16.6. The molecule has 3 nitrogen and oxygen atoms in total. The van der Waals surface area contributed by atoms with Crippen LogP contribution in [0.25, 0.3) is 0 Å². The Hall–Kier alpha value is -1.12. The number of esters is 1. The van der Waals surface area contributed by atoms with Gasteiger partial charge < -0.3 is 4.74 Å². The van der Waals surface area contributed by atoms with E-state index in [0.717, 1.165) is 12.8 Å². The third-order valence-corrected chi connectivity index (χ3v) is 4.42. The first kappa shape index (κ1) is 13.3. The highest BCUT2D eigenvalue weighted by Crippen LogP contribution is 2.36. The summed E-state index contributed by atoms with van der Waals surface area (Å²) in [5.74, 6) is 0.396. The largest absolute Gasteiger partial charge is 0.462 e. The van der Waals surface area contributed by atoms with Gasteiger partial charge in [-0.25, -0.2) is 0 Å². The second-order valence-electron chi connectivity index (χ2n) is 5.82. The molecule has 1 saturated heterocycles. The van der Waals surface area contributed by atoms with Crippen molar-refractivity contribution in [3.8, 4) is 0 Å². The second-order valence-corrected chi connectivity index (χ2v) is 5.82. The molecule has 1 fully saturated rings. The average Bonchev–Trinajstić information content (AvgIpc) is 2.59. The molecule has 18 heavy (non-hydrogen) atoms. The second kappa shape index (κ2) is 5.25. The Morgan fingerprint density at radius 3 is 2.72 bits per heavy atom. The molecule has 0 N–H and O–H groups in total. The van der Waals surface area contributed by atoms with Gasteiger partial charge in [-0.2, -0.15) is 0 Å². The van der Waals surface area contributed by atoms with E-state index in [2.05, 4.69) is 6.92 Å². The highest BCUT2D eigenvalue weighted by molar-refractivity contribution is 5.82. The Labute approximate surface area is 109 Å². The van der Waals surface area contributed by atoms with Gasteiger partial charge in [-0.1, -0.05) is 25.5 Å². The van der Waals surface area contributed by atoms with Gasteiger partial charge >= 0.3 is 5.97 Å². The summed E-state index contributed by atoms with van der Waals surface area (Å²) < 4.78 is 5.45. The number of fused-ring (bicyclic) bond motifs is 1. The molecule has 0 bridgehead atoms. The van der Waals surface area contributed by atoms with Crippen molar-refractivity contribution in [2.24, 2.45) is 17.8 Å². The molecule has 100 valence electrons. The molecule has 0 amide bonds. The summed E-state index contributed by atoms with van der Waals surface area (Å²) in [5, 5.41) is 0. The van der Waals surface area contributed by atoms with Crippen LogP contribution in [-0.2, 0) is 14.3 Å². The maximum Gasteiger partial charge on any atom is 0.309 e. The van der Waals surface area contributed by atoms with Gasteiger partial charge in [-0.05, 0) is 26.2 Å². The summed E-state index contributed by atoms with van der Waals surface area (Å²) in [5.41, 5.74) is 1.25. The molecule has 1 aliphatic heterocycles. The maximum atomic E-state index is 11.9. The zero-order chi connectivity index (χ0) is 13.3. The number of hydrogen-bond donors (Lipinski definition) is 0. The van der Waals surface area contributed by atoms with Gasteiger partial charge in [-0.15, -0.1) is 0 Å². The predicted molar refractivity (Wildman–Crippen MR) is 68.9 cm³/mol. The summed E-state index contributed by atoms with van der Waals surface area (Å²) in [6, 6.07) is 0. The fourth-order valence-corrected chi connectivity index (χ4v) is 2.95. The monoisotopic (exact) mass is 250 g/mol. The highest BCUT2D eigenvalue weighted by Gasteiger charge is 2.42.